The third-order valence-electron chi connectivity index (χ3n) is 4.48. The smallest absolute Gasteiger partial charge is 0.310 e. The highest BCUT2D eigenvalue weighted by molar-refractivity contribution is 5.73. The highest BCUT2D eigenvalue weighted by Gasteiger charge is 2.12. The van der Waals surface area contributed by atoms with Gasteiger partial charge in [0.25, 0.3) is 0 Å². The zero-order valence-electron chi connectivity index (χ0n) is 15.8. The quantitative estimate of drug-likeness (QED) is 0.545. The van der Waals surface area contributed by atoms with Gasteiger partial charge in [-0.3, -0.25) is 4.79 Å². The molecule has 0 aliphatic rings. The van der Waals surface area contributed by atoms with Crippen LogP contribution in [0.4, 0.5) is 0 Å². The van der Waals surface area contributed by atoms with Crippen LogP contribution in [0.2, 0.25) is 0 Å². The minimum Gasteiger partial charge on any atom is -0.489 e. The van der Waals surface area contributed by atoms with Gasteiger partial charge in [-0.05, 0) is 53.8 Å². The largest absolute Gasteiger partial charge is 0.489 e. The van der Waals surface area contributed by atoms with Gasteiger partial charge in [0.05, 0.1) is 6.42 Å². The summed E-state index contributed by atoms with van der Waals surface area (Å²) in [5.74, 6) is 0.596. The van der Waals surface area contributed by atoms with Crippen LogP contribution in [0.3, 0.4) is 0 Å². The van der Waals surface area contributed by atoms with Gasteiger partial charge >= 0.3 is 5.97 Å². The Kier molecular flexibility index (Phi) is 6.26. The zero-order valence-corrected chi connectivity index (χ0v) is 15.8. The summed E-state index contributed by atoms with van der Waals surface area (Å²) < 4.78 is 11.3. The molecule has 3 heteroatoms. The van der Waals surface area contributed by atoms with Crippen molar-refractivity contribution in [1.82, 2.24) is 0 Å². The van der Waals surface area contributed by atoms with E-state index < -0.39 is 0 Å². The van der Waals surface area contributed by atoms with Crippen LogP contribution < -0.4 is 4.74 Å². The van der Waals surface area contributed by atoms with Crippen LogP contribution in [0, 0.1) is 13.8 Å². The minimum atomic E-state index is -0.219. The maximum atomic E-state index is 12.2. The topological polar surface area (TPSA) is 35.5 Å². The summed E-state index contributed by atoms with van der Waals surface area (Å²) in [7, 11) is 0. The molecule has 138 valence electrons. The van der Waals surface area contributed by atoms with Gasteiger partial charge < -0.3 is 9.47 Å². The van der Waals surface area contributed by atoms with E-state index in [-0.39, 0.29) is 12.4 Å². The molecule has 0 aliphatic carbocycles. The van der Waals surface area contributed by atoms with Crippen LogP contribution >= 0.6 is 0 Å². The Bertz CT molecular complexity index is 863. The van der Waals surface area contributed by atoms with Crippen molar-refractivity contribution in [1.29, 1.82) is 0 Å². The van der Waals surface area contributed by atoms with E-state index in [9.17, 15) is 4.79 Å². The number of aryl methyl sites for hydroxylation is 2. The number of benzene rings is 3. The molecule has 0 unspecified atom stereocenters. The number of carbonyl (C=O) groups is 1. The van der Waals surface area contributed by atoms with E-state index in [0.29, 0.717) is 13.2 Å². The van der Waals surface area contributed by atoms with Gasteiger partial charge in [-0.1, -0.05) is 60.7 Å². The van der Waals surface area contributed by atoms with Crippen LogP contribution in [-0.4, -0.2) is 5.97 Å². The fourth-order valence-electron chi connectivity index (χ4n) is 2.99. The molecule has 0 N–H and O–H groups in total. The molecule has 0 spiro atoms. The first-order valence-electron chi connectivity index (χ1n) is 9.08. The van der Waals surface area contributed by atoms with E-state index in [0.717, 1.165) is 33.6 Å². The molecule has 0 saturated carbocycles. The summed E-state index contributed by atoms with van der Waals surface area (Å²) in [4.78, 5) is 12.2. The lowest BCUT2D eigenvalue weighted by Crippen LogP contribution is -2.10. The summed E-state index contributed by atoms with van der Waals surface area (Å²) in [6, 6.07) is 23.7. The number of carbonyl (C=O) groups excluding carboxylic acids is 1. The van der Waals surface area contributed by atoms with Crippen molar-refractivity contribution in [3.8, 4) is 5.75 Å². The van der Waals surface area contributed by atoms with Crippen molar-refractivity contribution in [3.05, 3.63) is 101 Å². The Balaban J connectivity index is 1.59. The lowest BCUT2D eigenvalue weighted by molar-refractivity contribution is -0.144. The summed E-state index contributed by atoms with van der Waals surface area (Å²) in [6.45, 7) is 4.83. The van der Waals surface area contributed by atoms with E-state index >= 15 is 0 Å². The third kappa shape index (κ3) is 5.45. The Hall–Kier alpha value is -3.07. The van der Waals surface area contributed by atoms with E-state index in [2.05, 4.69) is 0 Å². The first-order chi connectivity index (χ1) is 13.1. The SMILES string of the molecule is Cc1cc(OCc2ccccc2)cc(C)c1CC(=O)OCc1ccccc1. The molecule has 0 amide bonds. The molecule has 0 saturated heterocycles. The highest BCUT2D eigenvalue weighted by atomic mass is 16.5. The molecule has 0 radical (unpaired) electrons. The fourth-order valence-corrected chi connectivity index (χ4v) is 2.99. The fraction of sp³-hybridized carbons (Fsp3) is 0.208. The molecule has 3 aromatic rings. The monoisotopic (exact) mass is 360 g/mol. The lowest BCUT2D eigenvalue weighted by Gasteiger charge is -2.14. The average Bonchev–Trinajstić information content (AvgIpc) is 2.69. The molecular formula is C24H24O3. The van der Waals surface area contributed by atoms with Crippen molar-refractivity contribution in [2.45, 2.75) is 33.5 Å². The molecule has 27 heavy (non-hydrogen) atoms. The molecule has 0 aliphatic heterocycles. The molecule has 3 rings (SSSR count). The number of rotatable bonds is 7. The van der Waals surface area contributed by atoms with Crippen molar-refractivity contribution < 1.29 is 14.3 Å². The molecule has 3 nitrogen and oxygen atoms in total. The molecule has 0 bridgehead atoms. The second-order valence-corrected chi connectivity index (χ2v) is 6.63. The van der Waals surface area contributed by atoms with Gasteiger partial charge in [0.15, 0.2) is 0 Å². The first-order valence-corrected chi connectivity index (χ1v) is 9.08. The van der Waals surface area contributed by atoms with Crippen LogP contribution in [0.5, 0.6) is 5.75 Å². The normalized spacial score (nSPS) is 10.4. The van der Waals surface area contributed by atoms with E-state index in [4.69, 9.17) is 9.47 Å². The molecular weight excluding hydrogens is 336 g/mol. The minimum absolute atomic E-state index is 0.219. The van der Waals surface area contributed by atoms with Gasteiger partial charge in [0.1, 0.15) is 19.0 Å². The second kappa shape index (κ2) is 9.04. The van der Waals surface area contributed by atoms with Crippen molar-refractivity contribution in [3.63, 3.8) is 0 Å². The van der Waals surface area contributed by atoms with E-state index in [1.54, 1.807) is 0 Å². The molecule has 0 heterocycles. The van der Waals surface area contributed by atoms with Gasteiger partial charge in [0.2, 0.25) is 0 Å². The van der Waals surface area contributed by atoms with Crippen LogP contribution in [-0.2, 0) is 29.2 Å². The summed E-state index contributed by atoms with van der Waals surface area (Å²) >= 11 is 0. The van der Waals surface area contributed by atoms with Gasteiger partial charge in [0, 0.05) is 0 Å². The standard InChI is InChI=1S/C24H24O3/c1-18-13-22(26-16-20-9-5-3-6-10-20)14-19(2)23(18)15-24(25)27-17-21-11-7-4-8-12-21/h3-14H,15-17H2,1-2H3. The Labute approximate surface area is 160 Å². The maximum Gasteiger partial charge on any atom is 0.310 e. The second-order valence-electron chi connectivity index (χ2n) is 6.63. The predicted octanol–water partition coefficient (Wildman–Crippen LogP) is 5.17. The molecule has 0 fully saturated rings. The number of hydrogen-bond donors (Lipinski definition) is 0. The van der Waals surface area contributed by atoms with Gasteiger partial charge in [-0.2, -0.15) is 0 Å². The Morgan fingerprint density at radius 1 is 0.778 bits per heavy atom. The van der Waals surface area contributed by atoms with Crippen molar-refractivity contribution in [2.75, 3.05) is 0 Å². The van der Waals surface area contributed by atoms with E-state index in [1.165, 1.54) is 0 Å². The first kappa shape index (κ1) is 18.7. The lowest BCUT2D eigenvalue weighted by atomic mass is 9.99. The highest BCUT2D eigenvalue weighted by Crippen LogP contribution is 2.23. The summed E-state index contributed by atoms with van der Waals surface area (Å²) in [5, 5.41) is 0. The Morgan fingerprint density at radius 2 is 1.30 bits per heavy atom. The third-order valence-corrected chi connectivity index (χ3v) is 4.48. The molecule has 0 atom stereocenters. The predicted molar refractivity (Wildman–Crippen MR) is 107 cm³/mol. The molecule has 0 aromatic heterocycles. The average molecular weight is 360 g/mol. The summed E-state index contributed by atoms with van der Waals surface area (Å²) in [5.41, 5.74) is 5.19. The number of esters is 1. The van der Waals surface area contributed by atoms with E-state index in [1.807, 2.05) is 86.6 Å². The van der Waals surface area contributed by atoms with Crippen molar-refractivity contribution in [2.24, 2.45) is 0 Å². The summed E-state index contributed by atoms with van der Waals surface area (Å²) in [6.07, 6.45) is 0.267. The van der Waals surface area contributed by atoms with Crippen LogP contribution in [0.1, 0.15) is 27.8 Å². The van der Waals surface area contributed by atoms with Crippen LogP contribution in [0.25, 0.3) is 0 Å². The van der Waals surface area contributed by atoms with Gasteiger partial charge in [-0.15, -0.1) is 0 Å². The molecule has 3 aromatic carbocycles. The van der Waals surface area contributed by atoms with Gasteiger partial charge in [-0.25, -0.2) is 0 Å². The van der Waals surface area contributed by atoms with Crippen molar-refractivity contribution >= 4 is 5.97 Å². The van der Waals surface area contributed by atoms with Crippen LogP contribution in [0.15, 0.2) is 72.8 Å². The number of hydrogen-bond acceptors (Lipinski definition) is 3. The number of ether oxygens (including phenoxy) is 2. The zero-order chi connectivity index (χ0) is 19.1. The maximum absolute atomic E-state index is 12.2. The Morgan fingerprint density at radius 3 is 1.85 bits per heavy atom.